The summed E-state index contributed by atoms with van der Waals surface area (Å²) < 4.78 is 0. The van der Waals surface area contributed by atoms with Crippen molar-refractivity contribution in [1.82, 2.24) is 0 Å². The van der Waals surface area contributed by atoms with Gasteiger partial charge in [0.05, 0.1) is 11.6 Å². The quantitative estimate of drug-likeness (QED) is 0.834. The van der Waals surface area contributed by atoms with Crippen molar-refractivity contribution in [3.8, 4) is 0 Å². The highest BCUT2D eigenvalue weighted by atomic mass is 32.1. The van der Waals surface area contributed by atoms with Crippen molar-refractivity contribution in [3.05, 3.63) is 52.2 Å². The molecule has 0 aliphatic heterocycles. The summed E-state index contributed by atoms with van der Waals surface area (Å²) in [6.07, 6.45) is 4.97. The molecular weight excluding hydrogens is 282 g/mol. The first kappa shape index (κ1) is 14.1. The third-order valence-corrected chi connectivity index (χ3v) is 5.14. The minimum atomic E-state index is -0.880. The van der Waals surface area contributed by atoms with E-state index in [1.165, 1.54) is 30.6 Å². The number of benzene rings is 1. The molecule has 1 fully saturated rings. The average Bonchev–Trinajstić information content (AvgIpc) is 3.18. The molecule has 1 atom stereocenters. The third-order valence-electron chi connectivity index (χ3n) is 4.19. The van der Waals surface area contributed by atoms with Gasteiger partial charge in [0.15, 0.2) is 0 Å². The maximum atomic E-state index is 11.4. The van der Waals surface area contributed by atoms with Crippen LogP contribution in [-0.4, -0.2) is 11.1 Å². The molecule has 4 heteroatoms. The van der Waals surface area contributed by atoms with Gasteiger partial charge in [-0.15, -0.1) is 11.3 Å². The molecule has 1 heterocycles. The second kappa shape index (κ2) is 6.31. The lowest BCUT2D eigenvalue weighted by Crippen LogP contribution is -2.19. The summed E-state index contributed by atoms with van der Waals surface area (Å²) in [5.41, 5.74) is 1.06. The van der Waals surface area contributed by atoms with Crippen LogP contribution in [0.25, 0.3) is 0 Å². The van der Waals surface area contributed by atoms with Gasteiger partial charge in [-0.2, -0.15) is 0 Å². The van der Waals surface area contributed by atoms with E-state index in [0.29, 0.717) is 11.5 Å². The molecule has 1 unspecified atom stereocenters. The first-order valence-corrected chi connectivity index (χ1v) is 8.26. The Morgan fingerprint density at radius 2 is 1.95 bits per heavy atom. The first-order valence-electron chi connectivity index (χ1n) is 7.38. The Morgan fingerprint density at radius 1 is 1.19 bits per heavy atom. The van der Waals surface area contributed by atoms with Crippen molar-refractivity contribution in [3.63, 3.8) is 0 Å². The number of para-hydroxylation sites is 1. The monoisotopic (exact) mass is 301 g/mol. The first-order chi connectivity index (χ1) is 10.3. The number of hydrogen-bond donors (Lipinski definition) is 2. The molecular formula is C17H19NO2S. The fourth-order valence-corrected chi connectivity index (χ4v) is 4.01. The molecule has 2 N–H and O–H groups in total. The normalized spacial score (nSPS) is 16.8. The third kappa shape index (κ3) is 3.10. The van der Waals surface area contributed by atoms with Crippen LogP contribution in [0.15, 0.2) is 41.8 Å². The van der Waals surface area contributed by atoms with Gasteiger partial charge < -0.3 is 10.4 Å². The van der Waals surface area contributed by atoms with Crippen LogP contribution in [0.5, 0.6) is 0 Å². The van der Waals surface area contributed by atoms with Gasteiger partial charge in [0.2, 0.25) is 0 Å². The molecule has 2 aromatic rings. The summed E-state index contributed by atoms with van der Waals surface area (Å²) in [7, 11) is 0. The molecule has 0 amide bonds. The molecule has 0 radical (unpaired) electrons. The molecule has 3 nitrogen and oxygen atoms in total. The van der Waals surface area contributed by atoms with Crippen molar-refractivity contribution in [2.24, 2.45) is 5.92 Å². The van der Waals surface area contributed by atoms with Gasteiger partial charge in [-0.25, -0.2) is 4.79 Å². The maximum absolute atomic E-state index is 11.4. The van der Waals surface area contributed by atoms with E-state index in [1.807, 2.05) is 12.1 Å². The number of carbonyl (C=O) groups is 1. The molecule has 110 valence electrons. The zero-order valence-corrected chi connectivity index (χ0v) is 12.6. The van der Waals surface area contributed by atoms with E-state index in [0.717, 1.165) is 5.69 Å². The number of anilines is 1. The summed E-state index contributed by atoms with van der Waals surface area (Å²) in [5, 5.41) is 14.9. The highest BCUT2D eigenvalue weighted by Crippen LogP contribution is 2.39. The van der Waals surface area contributed by atoms with E-state index in [-0.39, 0.29) is 6.04 Å². The highest BCUT2D eigenvalue weighted by molar-refractivity contribution is 7.10. The van der Waals surface area contributed by atoms with Crippen LogP contribution in [0.3, 0.4) is 0 Å². The zero-order valence-electron chi connectivity index (χ0n) is 11.8. The van der Waals surface area contributed by atoms with Gasteiger partial charge >= 0.3 is 5.97 Å². The molecule has 0 bridgehead atoms. The minimum absolute atomic E-state index is 0.216. The summed E-state index contributed by atoms with van der Waals surface area (Å²) in [5.74, 6) is -0.292. The Balaban J connectivity index is 1.90. The Labute approximate surface area is 128 Å². The fourth-order valence-electron chi connectivity index (χ4n) is 3.14. The van der Waals surface area contributed by atoms with Gasteiger partial charge in [-0.05, 0) is 42.3 Å². The van der Waals surface area contributed by atoms with E-state index < -0.39 is 5.97 Å². The van der Waals surface area contributed by atoms with E-state index >= 15 is 0 Å². The van der Waals surface area contributed by atoms with Crippen molar-refractivity contribution in [1.29, 1.82) is 0 Å². The average molecular weight is 301 g/mol. The van der Waals surface area contributed by atoms with Gasteiger partial charge in [-0.1, -0.05) is 31.0 Å². The summed E-state index contributed by atoms with van der Waals surface area (Å²) in [4.78, 5) is 12.7. The Morgan fingerprint density at radius 3 is 2.62 bits per heavy atom. The highest BCUT2D eigenvalue weighted by Gasteiger charge is 2.27. The van der Waals surface area contributed by atoms with Gasteiger partial charge in [0.25, 0.3) is 0 Å². The van der Waals surface area contributed by atoms with E-state index in [4.69, 9.17) is 0 Å². The van der Waals surface area contributed by atoms with Crippen molar-refractivity contribution in [2.75, 3.05) is 5.32 Å². The van der Waals surface area contributed by atoms with Crippen LogP contribution in [0.4, 0.5) is 5.69 Å². The summed E-state index contributed by atoms with van der Waals surface area (Å²) >= 11 is 1.74. The minimum Gasteiger partial charge on any atom is -0.478 e. The van der Waals surface area contributed by atoms with Crippen LogP contribution >= 0.6 is 11.3 Å². The van der Waals surface area contributed by atoms with Gasteiger partial charge in [-0.3, -0.25) is 0 Å². The predicted octanol–water partition coefficient (Wildman–Crippen LogP) is 4.79. The standard InChI is InChI=1S/C17H19NO2S/c19-17(20)13-8-3-4-9-14(13)18-16(12-6-1-2-7-12)15-10-5-11-21-15/h3-5,8-12,16,18H,1-2,6-7H2,(H,19,20). The number of carboxylic acids is 1. The molecule has 1 saturated carbocycles. The smallest absolute Gasteiger partial charge is 0.337 e. The van der Waals surface area contributed by atoms with Crippen molar-refractivity contribution >= 4 is 23.0 Å². The Bertz CT molecular complexity index is 603. The molecule has 21 heavy (non-hydrogen) atoms. The maximum Gasteiger partial charge on any atom is 0.337 e. The van der Waals surface area contributed by atoms with Crippen LogP contribution in [-0.2, 0) is 0 Å². The van der Waals surface area contributed by atoms with Gasteiger partial charge in [0, 0.05) is 10.6 Å². The lowest BCUT2D eigenvalue weighted by molar-refractivity contribution is 0.0698. The lowest BCUT2D eigenvalue weighted by Gasteiger charge is -2.25. The van der Waals surface area contributed by atoms with Gasteiger partial charge in [0.1, 0.15) is 0 Å². The second-order valence-electron chi connectivity index (χ2n) is 5.53. The van der Waals surface area contributed by atoms with Crippen LogP contribution in [0.2, 0.25) is 0 Å². The fraction of sp³-hybridized carbons (Fsp3) is 0.353. The van der Waals surface area contributed by atoms with Crippen LogP contribution in [0.1, 0.15) is 47.0 Å². The van der Waals surface area contributed by atoms with Crippen molar-refractivity contribution < 1.29 is 9.90 Å². The molecule has 1 aliphatic carbocycles. The topological polar surface area (TPSA) is 49.3 Å². The number of rotatable bonds is 5. The number of thiophene rings is 1. The molecule has 0 spiro atoms. The molecule has 3 rings (SSSR count). The largest absolute Gasteiger partial charge is 0.478 e. The summed E-state index contributed by atoms with van der Waals surface area (Å²) in [6.45, 7) is 0. The number of aromatic carboxylic acids is 1. The van der Waals surface area contributed by atoms with E-state index in [1.54, 1.807) is 23.5 Å². The molecule has 1 aromatic heterocycles. The van der Waals surface area contributed by atoms with E-state index in [2.05, 4.69) is 22.8 Å². The van der Waals surface area contributed by atoms with Crippen LogP contribution < -0.4 is 5.32 Å². The SMILES string of the molecule is O=C(O)c1ccccc1NC(c1cccs1)C1CCCC1. The zero-order chi connectivity index (χ0) is 14.7. The molecule has 1 aromatic carbocycles. The number of hydrogen-bond acceptors (Lipinski definition) is 3. The van der Waals surface area contributed by atoms with E-state index in [9.17, 15) is 9.90 Å². The number of nitrogens with one attached hydrogen (secondary N) is 1. The summed E-state index contributed by atoms with van der Waals surface area (Å²) in [6, 6.07) is 11.6. The Hall–Kier alpha value is -1.81. The molecule has 0 saturated heterocycles. The lowest BCUT2D eigenvalue weighted by atomic mass is 9.96. The Kier molecular flexibility index (Phi) is 4.25. The molecule has 1 aliphatic rings. The number of carboxylic acid groups (broad SMARTS) is 1. The van der Waals surface area contributed by atoms with Crippen LogP contribution in [0, 0.1) is 5.92 Å². The van der Waals surface area contributed by atoms with Crippen molar-refractivity contribution in [2.45, 2.75) is 31.7 Å². The predicted molar refractivity (Wildman–Crippen MR) is 86.0 cm³/mol. The second-order valence-corrected chi connectivity index (χ2v) is 6.51.